The molecule has 1 aliphatic rings. The van der Waals surface area contributed by atoms with Gasteiger partial charge >= 0.3 is 0 Å². The summed E-state index contributed by atoms with van der Waals surface area (Å²) in [6, 6.07) is 0. The van der Waals surface area contributed by atoms with Crippen molar-refractivity contribution in [3.05, 3.63) is 0 Å². The molecule has 0 bridgehead atoms. The van der Waals surface area contributed by atoms with Crippen LogP contribution in [0, 0.1) is 11.8 Å². The van der Waals surface area contributed by atoms with Crippen LogP contribution < -0.4 is 0 Å². The highest BCUT2D eigenvalue weighted by Gasteiger charge is 2.37. The van der Waals surface area contributed by atoms with Crippen LogP contribution in [0.25, 0.3) is 0 Å². The van der Waals surface area contributed by atoms with Crippen molar-refractivity contribution in [2.45, 2.75) is 36.8 Å². The summed E-state index contributed by atoms with van der Waals surface area (Å²) < 4.78 is 0. The van der Waals surface area contributed by atoms with Crippen LogP contribution in [-0.2, 0) is 0 Å². The van der Waals surface area contributed by atoms with E-state index in [2.05, 4.69) is 6.92 Å². The summed E-state index contributed by atoms with van der Waals surface area (Å²) in [7, 11) is 5.48. The van der Waals surface area contributed by atoms with Crippen LogP contribution in [0.1, 0.15) is 19.8 Å². The first-order valence-electron chi connectivity index (χ1n) is 4.15. The summed E-state index contributed by atoms with van der Waals surface area (Å²) in [5.41, 5.74) is 0. The van der Waals surface area contributed by atoms with E-state index in [1.54, 1.807) is 0 Å². The topological polar surface area (TPSA) is 0 Å². The third-order valence-corrected chi connectivity index (χ3v) is 3.74. The fourth-order valence-corrected chi connectivity index (χ4v) is 2.86. The van der Waals surface area contributed by atoms with Gasteiger partial charge in [0.15, 0.2) is 0 Å². The lowest BCUT2D eigenvalue weighted by molar-refractivity contribution is 0.413. The Hall–Kier alpha value is 0.645. The molecule has 1 rings (SSSR count). The number of hydrogen-bond acceptors (Lipinski definition) is 0. The molecule has 0 aliphatic heterocycles. The Balaban J connectivity index is 2.49. The molecule has 0 saturated heterocycles. The molecule has 2 radical (unpaired) electrons. The number of alkyl halides is 2. The largest absolute Gasteiger partial charge is 0.123 e. The molecular formula is C8H13BCl2. The zero-order valence-corrected chi connectivity index (χ0v) is 8.28. The van der Waals surface area contributed by atoms with Crippen molar-refractivity contribution in [3.8, 4) is 0 Å². The molecule has 0 aromatic heterocycles. The van der Waals surface area contributed by atoms with E-state index in [0.29, 0.717) is 11.8 Å². The van der Waals surface area contributed by atoms with E-state index >= 15 is 0 Å². The average Bonchev–Trinajstić information content (AvgIpc) is 2.17. The van der Waals surface area contributed by atoms with Gasteiger partial charge in [-0.2, -0.15) is 0 Å². The summed E-state index contributed by atoms with van der Waals surface area (Å²) in [5.74, 6) is 1.06. The minimum Gasteiger partial charge on any atom is -0.123 e. The van der Waals surface area contributed by atoms with Crippen molar-refractivity contribution in [2.24, 2.45) is 11.8 Å². The second-order valence-corrected chi connectivity index (χ2v) is 4.49. The molecule has 1 saturated carbocycles. The zero-order valence-electron chi connectivity index (χ0n) is 6.76. The van der Waals surface area contributed by atoms with Gasteiger partial charge in [-0.15, -0.1) is 23.2 Å². The summed E-state index contributed by atoms with van der Waals surface area (Å²) in [6.07, 6.45) is 2.68. The highest BCUT2D eigenvalue weighted by molar-refractivity contribution is 6.24. The summed E-state index contributed by atoms with van der Waals surface area (Å²) >= 11 is 12.2. The Kier molecular flexibility index (Phi) is 3.58. The van der Waals surface area contributed by atoms with Crippen LogP contribution in [0.5, 0.6) is 0 Å². The number of rotatable bonds is 2. The Labute approximate surface area is 80.0 Å². The number of hydrogen-bond donors (Lipinski definition) is 0. The molecule has 0 aromatic rings. The molecule has 0 heterocycles. The maximum Gasteiger partial charge on any atom is 0.0653 e. The molecule has 0 nitrogen and oxygen atoms in total. The third-order valence-electron chi connectivity index (χ3n) is 2.66. The van der Waals surface area contributed by atoms with Gasteiger partial charge in [-0.25, -0.2) is 0 Å². The fraction of sp³-hybridized carbons (Fsp3) is 1.00. The van der Waals surface area contributed by atoms with Gasteiger partial charge in [-0.05, 0) is 18.3 Å². The minimum atomic E-state index is 0.246. The molecule has 62 valence electrons. The number of halogens is 2. The van der Waals surface area contributed by atoms with Crippen molar-refractivity contribution in [1.82, 2.24) is 0 Å². The van der Waals surface area contributed by atoms with E-state index < -0.39 is 0 Å². The highest BCUT2D eigenvalue weighted by atomic mass is 35.5. The lowest BCUT2D eigenvalue weighted by atomic mass is 9.87. The predicted octanol–water partition coefficient (Wildman–Crippen LogP) is 2.83. The van der Waals surface area contributed by atoms with Gasteiger partial charge in [0.05, 0.1) is 7.85 Å². The van der Waals surface area contributed by atoms with E-state index in [0.717, 1.165) is 19.2 Å². The van der Waals surface area contributed by atoms with Gasteiger partial charge in [0.2, 0.25) is 0 Å². The van der Waals surface area contributed by atoms with Gasteiger partial charge in [0.1, 0.15) is 0 Å². The second-order valence-electron chi connectivity index (χ2n) is 3.37. The Morgan fingerprint density at radius 3 is 2.36 bits per heavy atom. The van der Waals surface area contributed by atoms with Crippen molar-refractivity contribution in [2.75, 3.05) is 0 Å². The predicted molar refractivity (Wildman–Crippen MR) is 51.7 cm³/mol. The maximum atomic E-state index is 6.11. The molecule has 1 fully saturated rings. The van der Waals surface area contributed by atoms with Crippen LogP contribution in [0.15, 0.2) is 0 Å². The van der Waals surface area contributed by atoms with Gasteiger partial charge in [-0.1, -0.05) is 19.7 Å². The molecule has 0 N–H and O–H groups in total. The van der Waals surface area contributed by atoms with Crippen LogP contribution in [0.2, 0.25) is 6.32 Å². The fourth-order valence-electron chi connectivity index (χ4n) is 1.84. The maximum absolute atomic E-state index is 6.11. The van der Waals surface area contributed by atoms with Gasteiger partial charge in [-0.3, -0.25) is 0 Å². The first-order chi connectivity index (χ1) is 5.16. The molecule has 1 aliphatic carbocycles. The normalized spacial score (nSPS) is 44.6. The monoisotopic (exact) mass is 190 g/mol. The Morgan fingerprint density at radius 2 is 2.00 bits per heavy atom. The molecule has 0 aromatic carbocycles. The van der Waals surface area contributed by atoms with E-state index in [4.69, 9.17) is 31.0 Å². The Morgan fingerprint density at radius 1 is 1.36 bits per heavy atom. The molecule has 0 spiro atoms. The van der Waals surface area contributed by atoms with Gasteiger partial charge < -0.3 is 0 Å². The first-order valence-corrected chi connectivity index (χ1v) is 5.02. The summed E-state index contributed by atoms with van der Waals surface area (Å²) in [4.78, 5) is 0. The SMILES string of the molecule is [B]CCC1C(Cl)CC(Cl)C1C. The smallest absolute Gasteiger partial charge is 0.0653 e. The lowest BCUT2D eigenvalue weighted by Gasteiger charge is -2.17. The van der Waals surface area contributed by atoms with Crippen molar-refractivity contribution in [3.63, 3.8) is 0 Å². The van der Waals surface area contributed by atoms with E-state index in [1.165, 1.54) is 0 Å². The van der Waals surface area contributed by atoms with E-state index in [9.17, 15) is 0 Å². The highest BCUT2D eigenvalue weighted by Crippen LogP contribution is 2.41. The van der Waals surface area contributed by atoms with Crippen molar-refractivity contribution < 1.29 is 0 Å². The Bertz CT molecular complexity index is 129. The lowest BCUT2D eigenvalue weighted by Crippen LogP contribution is -2.14. The standard InChI is InChI=1S/C8H13BCl2/c1-5-6(2-3-9)8(11)4-7(5)10/h5-8H,2-4H2,1H3. The van der Waals surface area contributed by atoms with Crippen molar-refractivity contribution in [1.29, 1.82) is 0 Å². The average molecular weight is 191 g/mol. The van der Waals surface area contributed by atoms with Crippen LogP contribution >= 0.6 is 23.2 Å². The van der Waals surface area contributed by atoms with E-state index in [1.807, 2.05) is 0 Å². The molecule has 4 atom stereocenters. The zero-order chi connectivity index (χ0) is 8.43. The van der Waals surface area contributed by atoms with Gasteiger partial charge in [0, 0.05) is 10.8 Å². The minimum absolute atomic E-state index is 0.246. The van der Waals surface area contributed by atoms with Crippen LogP contribution in [0.4, 0.5) is 0 Å². The summed E-state index contributed by atoms with van der Waals surface area (Å²) in [5, 5.41) is 0.505. The third kappa shape index (κ3) is 2.06. The second kappa shape index (κ2) is 4.05. The molecule has 3 heteroatoms. The molecular weight excluding hydrogens is 178 g/mol. The van der Waals surface area contributed by atoms with E-state index in [-0.39, 0.29) is 10.8 Å². The molecule has 4 unspecified atom stereocenters. The molecule has 11 heavy (non-hydrogen) atoms. The first kappa shape index (κ1) is 9.73. The van der Waals surface area contributed by atoms with Crippen LogP contribution in [-0.4, -0.2) is 18.6 Å². The molecule has 0 amide bonds. The quantitative estimate of drug-likeness (QED) is 0.464. The summed E-state index contributed by atoms with van der Waals surface area (Å²) in [6.45, 7) is 2.17. The van der Waals surface area contributed by atoms with Crippen molar-refractivity contribution >= 4 is 31.0 Å². The van der Waals surface area contributed by atoms with Gasteiger partial charge in [0.25, 0.3) is 0 Å². The van der Waals surface area contributed by atoms with Crippen LogP contribution in [0.3, 0.4) is 0 Å².